The van der Waals surface area contributed by atoms with Crippen molar-refractivity contribution >= 4 is 49.9 Å². The summed E-state index contributed by atoms with van der Waals surface area (Å²) in [6.07, 6.45) is -3.68. The first-order valence-corrected chi connectivity index (χ1v) is 14.3. The van der Waals surface area contributed by atoms with Crippen LogP contribution in [0.15, 0.2) is 12.7 Å². The number of phosphoric ester groups is 2. The molecule has 0 aromatic carbocycles. The van der Waals surface area contributed by atoms with E-state index < -0.39 is 59.4 Å². The highest BCUT2D eigenvalue weighted by Gasteiger charge is 2.45. The van der Waals surface area contributed by atoms with E-state index in [1.54, 1.807) is 0 Å². The van der Waals surface area contributed by atoms with Crippen molar-refractivity contribution in [2.75, 3.05) is 18.9 Å². The van der Waals surface area contributed by atoms with E-state index in [-0.39, 0.29) is 28.4 Å². The van der Waals surface area contributed by atoms with E-state index in [1.807, 2.05) is 0 Å². The molecule has 4 rings (SSSR count). The summed E-state index contributed by atoms with van der Waals surface area (Å²) < 4.78 is 43.9. The van der Waals surface area contributed by atoms with Gasteiger partial charge in [0.1, 0.15) is 41.1 Å². The number of carboxylic acid groups (broad SMARTS) is 1. The summed E-state index contributed by atoms with van der Waals surface area (Å²) in [4.78, 5) is 50.8. The Morgan fingerprint density at radius 2 is 1.92 bits per heavy atom. The molecule has 2 unspecified atom stereocenters. The summed E-state index contributed by atoms with van der Waals surface area (Å²) in [5, 5.41) is 31.2. The van der Waals surface area contributed by atoms with Gasteiger partial charge in [-0.05, 0) is 6.92 Å². The number of carbonyl (C=O) groups excluding carboxylic acids is 1. The summed E-state index contributed by atoms with van der Waals surface area (Å²) in [5.41, 5.74) is 6.40. The summed E-state index contributed by atoms with van der Waals surface area (Å²) in [7, 11) is -11.0. The molecule has 0 radical (unpaired) electrons. The van der Waals surface area contributed by atoms with Gasteiger partial charge in [-0.2, -0.15) is 0 Å². The molecule has 1 aliphatic rings. The summed E-state index contributed by atoms with van der Waals surface area (Å²) in [6, 6.07) is 0. The molecule has 0 amide bonds. The highest BCUT2D eigenvalue weighted by Crippen LogP contribution is 2.55. The number of imidazole rings is 1. The van der Waals surface area contributed by atoms with E-state index in [0.29, 0.717) is 10.6 Å². The fourth-order valence-electron chi connectivity index (χ4n) is 3.48. The number of hydrogen-bond acceptors (Lipinski definition) is 18. The molecule has 0 bridgehead atoms. The van der Waals surface area contributed by atoms with E-state index in [1.165, 1.54) is 17.8 Å². The first-order chi connectivity index (χ1) is 17.8. The van der Waals surface area contributed by atoms with Crippen LogP contribution in [0.4, 0.5) is 5.82 Å². The molecule has 6 atom stereocenters. The van der Waals surface area contributed by atoms with Crippen molar-refractivity contribution in [3.8, 4) is 0 Å². The van der Waals surface area contributed by atoms with E-state index in [0.717, 1.165) is 17.7 Å². The SMILES string of the molecule is Cc1nc(C(=O)[O-])sc1CCOP(=O)([O-])OP(=O)([O-])OC[C@H]1O[C@H](n2cnc3c(N)ncnc32)[C@@H](O)[C@H]1O. The Labute approximate surface area is 216 Å². The van der Waals surface area contributed by atoms with Crippen molar-refractivity contribution in [2.45, 2.75) is 37.9 Å². The smallest absolute Gasteiger partial charge is 0.274 e. The molecule has 18 nitrogen and oxygen atoms in total. The Morgan fingerprint density at radius 3 is 2.61 bits per heavy atom. The van der Waals surface area contributed by atoms with Crippen LogP contribution in [-0.4, -0.2) is 72.2 Å². The number of fused-ring (bicyclic) bond motifs is 1. The van der Waals surface area contributed by atoms with Gasteiger partial charge >= 0.3 is 0 Å². The van der Waals surface area contributed by atoms with Crippen molar-refractivity contribution in [2.24, 2.45) is 0 Å². The highest BCUT2D eigenvalue weighted by molar-refractivity contribution is 7.59. The Morgan fingerprint density at radius 1 is 1.21 bits per heavy atom. The predicted octanol–water partition coefficient (Wildman–Crippen LogP) is -2.61. The van der Waals surface area contributed by atoms with Crippen molar-refractivity contribution < 1.29 is 57.1 Å². The second kappa shape index (κ2) is 11.0. The quantitative estimate of drug-likeness (QED) is 0.192. The van der Waals surface area contributed by atoms with Gasteiger partial charge in [0.15, 0.2) is 17.7 Å². The minimum Gasteiger partial charge on any atom is -0.756 e. The zero-order valence-electron chi connectivity index (χ0n) is 19.2. The number of thiazole rings is 1. The first-order valence-electron chi connectivity index (χ1n) is 10.5. The maximum atomic E-state index is 12.1. The van der Waals surface area contributed by atoms with Crippen molar-refractivity contribution in [1.82, 2.24) is 24.5 Å². The molecule has 0 saturated carbocycles. The van der Waals surface area contributed by atoms with Gasteiger partial charge in [0.05, 0.1) is 25.2 Å². The summed E-state index contributed by atoms with van der Waals surface area (Å²) >= 11 is 0.750. The van der Waals surface area contributed by atoms with Crippen LogP contribution in [0.3, 0.4) is 0 Å². The zero-order valence-corrected chi connectivity index (χ0v) is 21.8. The van der Waals surface area contributed by atoms with Crippen molar-refractivity contribution in [3.63, 3.8) is 0 Å². The molecule has 1 fully saturated rings. The van der Waals surface area contributed by atoms with Gasteiger partial charge in [-0.15, -0.1) is 11.3 Å². The molecule has 0 aliphatic carbocycles. The number of nitrogens with zero attached hydrogens (tertiary/aromatic N) is 5. The van der Waals surface area contributed by atoms with Gasteiger partial charge in [-0.3, -0.25) is 13.7 Å². The van der Waals surface area contributed by atoms with Gasteiger partial charge in [0.25, 0.3) is 15.6 Å². The van der Waals surface area contributed by atoms with Gasteiger partial charge < -0.3 is 49.4 Å². The third kappa shape index (κ3) is 6.24. The fraction of sp³-hybridized carbons (Fsp3) is 0.471. The lowest BCUT2D eigenvalue weighted by molar-refractivity contribution is -0.255. The molecule has 3 aromatic rings. The number of carbonyl (C=O) groups is 1. The molecule has 208 valence electrons. The van der Waals surface area contributed by atoms with Crippen LogP contribution in [0.5, 0.6) is 0 Å². The lowest BCUT2D eigenvalue weighted by atomic mass is 10.1. The lowest BCUT2D eigenvalue weighted by Crippen LogP contribution is -2.34. The number of nitrogens with two attached hydrogens (primary N) is 1. The van der Waals surface area contributed by atoms with Crippen LogP contribution in [0.25, 0.3) is 11.2 Å². The van der Waals surface area contributed by atoms with Gasteiger partial charge in [-0.1, -0.05) is 0 Å². The topological polar surface area (TPSA) is 280 Å². The fourth-order valence-corrected chi connectivity index (χ4v) is 6.36. The largest absolute Gasteiger partial charge is 0.756 e. The van der Waals surface area contributed by atoms with Crippen LogP contribution >= 0.6 is 27.0 Å². The molecule has 1 saturated heterocycles. The molecular formula is C17H19N6O12P2S-3. The number of aliphatic hydroxyl groups excluding tert-OH is 2. The maximum absolute atomic E-state index is 12.1. The van der Waals surface area contributed by atoms with Crippen LogP contribution < -0.4 is 20.6 Å². The monoisotopic (exact) mass is 593 g/mol. The van der Waals surface area contributed by atoms with Crippen LogP contribution in [-0.2, 0) is 33.6 Å². The number of nitrogen functional groups attached to an aromatic ring is 1. The number of anilines is 1. The van der Waals surface area contributed by atoms with Gasteiger partial charge in [0, 0.05) is 11.3 Å². The molecule has 0 spiro atoms. The average Bonchev–Trinajstić information content (AvgIpc) is 3.49. The normalized spacial score (nSPS) is 24.9. The van der Waals surface area contributed by atoms with Gasteiger partial charge in [0.2, 0.25) is 0 Å². The minimum absolute atomic E-state index is 0.0554. The van der Waals surface area contributed by atoms with E-state index in [9.17, 15) is 39.0 Å². The highest BCUT2D eigenvalue weighted by atomic mass is 32.1. The number of carboxylic acids is 1. The molecule has 4 heterocycles. The molecule has 4 N–H and O–H groups in total. The van der Waals surface area contributed by atoms with E-state index in [2.05, 4.69) is 33.3 Å². The molecular weight excluding hydrogens is 574 g/mol. The van der Waals surface area contributed by atoms with Crippen molar-refractivity contribution in [3.05, 3.63) is 28.2 Å². The van der Waals surface area contributed by atoms with E-state index >= 15 is 0 Å². The number of aryl methyl sites for hydroxylation is 1. The Kier molecular flexibility index (Phi) is 8.27. The minimum atomic E-state index is -5.54. The zero-order chi connectivity index (χ0) is 27.8. The predicted molar refractivity (Wildman–Crippen MR) is 119 cm³/mol. The average molecular weight is 593 g/mol. The number of hydrogen-bond donors (Lipinski definition) is 3. The number of ether oxygens (including phenoxy) is 1. The molecule has 3 aromatic heterocycles. The van der Waals surface area contributed by atoms with E-state index in [4.69, 9.17) is 10.5 Å². The summed E-state index contributed by atoms with van der Waals surface area (Å²) in [5.74, 6) is -1.44. The Balaban J connectivity index is 1.32. The first kappa shape index (κ1) is 28.6. The molecule has 38 heavy (non-hydrogen) atoms. The number of aromatic carboxylic acids is 1. The lowest BCUT2D eigenvalue weighted by Gasteiger charge is -2.31. The second-order valence-corrected chi connectivity index (χ2v) is 11.8. The number of aliphatic hydroxyl groups is 2. The third-order valence-corrected chi connectivity index (χ3v) is 9.00. The maximum Gasteiger partial charge on any atom is 0.274 e. The second-order valence-electron chi connectivity index (χ2n) is 7.80. The van der Waals surface area contributed by atoms with Crippen molar-refractivity contribution in [1.29, 1.82) is 0 Å². The number of aromatic nitrogens is 5. The Bertz CT molecular complexity index is 1430. The standard InChI is InChI=1S/C17H22N6O12P2S/c1-7-9(38-15(22-7)17(26)27)2-3-32-36(28,29)35-37(30,31)33-4-8-11(24)12(25)16(34-8)23-6-21-10-13(18)19-5-20-14(10)23/h5-6,8,11-12,16,24-25H,2-4H2,1H3,(H,26,27)(H,28,29)(H,30,31)(H2,18,19,20)/p-3/t8-,11+,12+,16+/m1/s1. The number of phosphoric acid groups is 2. The van der Waals surface area contributed by atoms with Crippen LogP contribution in [0.1, 0.15) is 26.6 Å². The Hall–Kier alpha value is -2.41. The van der Waals surface area contributed by atoms with Gasteiger partial charge in [-0.25, -0.2) is 24.2 Å². The molecule has 21 heteroatoms. The summed E-state index contributed by atoms with van der Waals surface area (Å²) in [6.45, 7) is -0.0163. The van der Waals surface area contributed by atoms with Crippen LogP contribution in [0, 0.1) is 6.92 Å². The molecule has 1 aliphatic heterocycles. The number of rotatable bonds is 11. The third-order valence-electron chi connectivity index (χ3n) is 5.24. The van der Waals surface area contributed by atoms with Crippen LogP contribution in [0.2, 0.25) is 0 Å².